The van der Waals surface area contributed by atoms with Crippen LogP contribution in [0.5, 0.6) is 0 Å². The second-order valence-electron chi connectivity index (χ2n) is 4.62. The average molecular weight is 210 g/mol. The molecule has 1 atom stereocenters. The summed E-state index contributed by atoms with van der Waals surface area (Å²) in [7, 11) is 3.98. The standard InChI is InChI=1S/C10H18N4O/c1-10(5-4-6-11-10)9-12-8(13-15-9)7-14(2)3/h11H,4-7H2,1-3H3. The van der Waals surface area contributed by atoms with Crippen molar-refractivity contribution in [2.45, 2.75) is 31.8 Å². The molecule has 1 aromatic rings. The molecule has 0 saturated carbocycles. The Morgan fingerprint density at radius 3 is 2.93 bits per heavy atom. The maximum atomic E-state index is 5.30. The van der Waals surface area contributed by atoms with E-state index in [-0.39, 0.29) is 5.54 Å². The minimum atomic E-state index is -0.114. The zero-order valence-electron chi connectivity index (χ0n) is 9.58. The maximum absolute atomic E-state index is 5.30. The molecule has 1 saturated heterocycles. The number of nitrogens with one attached hydrogen (secondary N) is 1. The molecule has 15 heavy (non-hydrogen) atoms. The molecule has 0 aliphatic carbocycles. The summed E-state index contributed by atoms with van der Waals surface area (Å²) in [6.45, 7) is 3.87. The number of rotatable bonds is 3. The Morgan fingerprint density at radius 1 is 1.53 bits per heavy atom. The molecule has 1 unspecified atom stereocenters. The van der Waals surface area contributed by atoms with Crippen LogP contribution in [0.25, 0.3) is 0 Å². The Hall–Kier alpha value is -0.940. The van der Waals surface area contributed by atoms with Crippen LogP contribution < -0.4 is 5.32 Å². The van der Waals surface area contributed by atoms with Crippen molar-refractivity contribution in [3.05, 3.63) is 11.7 Å². The van der Waals surface area contributed by atoms with Gasteiger partial charge in [-0.05, 0) is 40.4 Å². The van der Waals surface area contributed by atoms with Gasteiger partial charge < -0.3 is 14.7 Å². The smallest absolute Gasteiger partial charge is 0.246 e. The highest BCUT2D eigenvalue weighted by Gasteiger charge is 2.35. The second kappa shape index (κ2) is 3.90. The first-order chi connectivity index (χ1) is 7.10. The fraction of sp³-hybridized carbons (Fsp3) is 0.800. The summed E-state index contributed by atoms with van der Waals surface area (Å²) in [5.74, 6) is 1.47. The Morgan fingerprint density at radius 2 is 2.33 bits per heavy atom. The van der Waals surface area contributed by atoms with E-state index in [1.165, 1.54) is 6.42 Å². The van der Waals surface area contributed by atoms with Gasteiger partial charge in [0, 0.05) is 0 Å². The minimum absolute atomic E-state index is 0.114. The largest absolute Gasteiger partial charge is 0.337 e. The van der Waals surface area contributed by atoms with Gasteiger partial charge in [0.1, 0.15) is 0 Å². The van der Waals surface area contributed by atoms with Crippen LogP contribution in [0.1, 0.15) is 31.5 Å². The molecule has 1 aromatic heterocycles. The third-order valence-corrected chi connectivity index (χ3v) is 2.77. The number of aromatic nitrogens is 2. The lowest BCUT2D eigenvalue weighted by molar-refractivity contribution is 0.272. The van der Waals surface area contributed by atoms with E-state index in [9.17, 15) is 0 Å². The van der Waals surface area contributed by atoms with Crippen molar-refractivity contribution in [2.75, 3.05) is 20.6 Å². The molecular formula is C10H18N4O. The Balaban J connectivity index is 2.12. The quantitative estimate of drug-likeness (QED) is 0.797. The van der Waals surface area contributed by atoms with Crippen LogP contribution in [0.4, 0.5) is 0 Å². The van der Waals surface area contributed by atoms with Crippen LogP contribution in [0, 0.1) is 0 Å². The number of hydrogen-bond donors (Lipinski definition) is 1. The fourth-order valence-electron chi connectivity index (χ4n) is 1.90. The van der Waals surface area contributed by atoms with Gasteiger partial charge in [0.25, 0.3) is 0 Å². The molecule has 0 bridgehead atoms. The molecule has 0 radical (unpaired) electrons. The normalized spacial score (nSPS) is 26.4. The summed E-state index contributed by atoms with van der Waals surface area (Å²) in [5, 5.41) is 7.38. The molecular weight excluding hydrogens is 192 g/mol. The molecule has 1 aliphatic rings. The topological polar surface area (TPSA) is 54.2 Å². The van der Waals surface area contributed by atoms with E-state index in [1.807, 2.05) is 19.0 Å². The molecule has 1 N–H and O–H groups in total. The van der Waals surface area contributed by atoms with E-state index in [0.29, 0.717) is 0 Å². The van der Waals surface area contributed by atoms with E-state index in [0.717, 1.165) is 31.2 Å². The number of hydrogen-bond acceptors (Lipinski definition) is 5. The lowest BCUT2D eigenvalue weighted by atomic mass is 10.0. The fourth-order valence-corrected chi connectivity index (χ4v) is 1.90. The molecule has 0 amide bonds. The zero-order valence-corrected chi connectivity index (χ0v) is 9.58. The molecule has 5 nitrogen and oxygen atoms in total. The van der Waals surface area contributed by atoms with Crippen LogP contribution in [0.3, 0.4) is 0 Å². The lowest BCUT2D eigenvalue weighted by Gasteiger charge is -2.18. The average Bonchev–Trinajstić information content (AvgIpc) is 2.74. The predicted octanol–water partition coefficient (Wildman–Crippen LogP) is 0.730. The van der Waals surface area contributed by atoms with Gasteiger partial charge in [-0.1, -0.05) is 5.16 Å². The molecule has 5 heteroatoms. The van der Waals surface area contributed by atoms with E-state index in [2.05, 4.69) is 22.4 Å². The number of nitrogens with zero attached hydrogens (tertiary/aromatic N) is 3. The summed E-state index contributed by atoms with van der Waals surface area (Å²) in [6, 6.07) is 0. The molecule has 1 fully saturated rings. The first-order valence-electron chi connectivity index (χ1n) is 5.33. The van der Waals surface area contributed by atoms with Gasteiger partial charge in [-0.25, -0.2) is 0 Å². The monoisotopic (exact) mass is 210 g/mol. The first kappa shape index (κ1) is 10.6. The van der Waals surface area contributed by atoms with Crippen molar-refractivity contribution in [2.24, 2.45) is 0 Å². The molecule has 2 heterocycles. The zero-order chi connectivity index (χ0) is 10.9. The van der Waals surface area contributed by atoms with Gasteiger partial charge in [-0.2, -0.15) is 4.98 Å². The lowest BCUT2D eigenvalue weighted by Crippen LogP contribution is -2.33. The summed E-state index contributed by atoms with van der Waals surface area (Å²) in [6.07, 6.45) is 2.23. The van der Waals surface area contributed by atoms with E-state index >= 15 is 0 Å². The highest BCUT2D eigenvalue weighted by Crippen LogP contribution is 2.28. The van der Waals surface area contributed by atoms with Crippen molar-refractivity contribution in [1.82, 2.24) is 20.4 Å². The summed E-state index contributed by atoms with van der Waals surface area (Å²) >= 11 is 0. The first-order valence-corrected chi connectivity index (χ1v) is 5.33. The summed E-state index contributed by atoms with van der Waals surface area (Å²) in [5.41, 5.74) is -0.114. The van der Waals surface area contributed by atoms with Crippen LogP contribution >= 0.6 is 0 Å². The summed E-state index contributed by atoms with van der Waals surface area (Å²) < 4.78 is 5.30. The van der Waals surface area contributed by atoms with Crippen molar-refractivity contribution >= 4 is 0 Å². The maximum Gasteiger partial charge on any atom is 0.246 e. The van der Waals surface area contributed by atoms with Gasteiger partial charge in [0.15, 0.2) is 5.82 Å². The van der Waals surface area contributed by atoms with Gasteiger partial charge in [-0.15, -0.1) is 0 Å². The highest BCUT2D eigenvalue weighted by molar-refractivity contribution is 5.04. The SMILES string of the molecule is CN(C)Cc1noc(C2(C)CCCN2)n1. The Kier molecular flexibility index (Phi) is 2.75. The van der Waals surface area contributed by atoms with Gasteiger partial charge in [0.2, 0.25) is 5.89 Å². The highest BCUT2D eigenvalue weighted by atomic mass is 16.5. The van der Waals surface area contributed by atoms with Gasteiger partial charge in [-0.3, -0.25) is 0 Å². The van der Waals surface area contributed by atoms with Crippen LogP contribution in [0.15, 0.2) is 4.52 Å². The minimum Gasteiger partial charge on any atom is -0.337 e. The van der Waals surface area contributed by atoms with Crippen LogP contribution in [0.2, 0.25) is 0 Å². The van der Waals surface area contributed by atoms with Gasteiger partial charge in [0.05, 0.1) is 12.1 Å². The second-order valence-corrected chi connectivity index (χ2v) is 4.62. The van der Waals surface area contributed by atoms with Crippen LogP contribution in [-0.4, -0.2) is 35.7 Å². The van der Waals surface area contributed by atoms with E-state index < -0.39 is 0 Å². The van der Waals surface area contributed by atoms with E-state index in [1.54, 1.807) is 0 Å². The molecule has 0 spiro atoms. The molecule has 0 aromatic carbocycles. The third kappa shape index (κ3) is 2.18. The molecule has 84 valence electrons. The predicted molar refractivity (Wildman–Crippen MR) is 56.3 cm³/mol. The Bertz CT molecular complexity index is 328. The van der Waals surface area contributed by atoms with Crippen molar-refractivity contribution in [1.29, 1.82) is 0 Å². The van der Waals surface area contributed by atoms with E-state index in [4.69, 9.17) is 4.52 Å². The van der Waals surface area contributed by atoms with Crippen molar-refractivity contribution in [3.8, 4) is 0 Å². The summed E-state index contributed by atoms with van der Waals surface area (Å²) in [4.78, 5) is 6.45. The van der Waals surface area contributed by atoms with Crippen LogP contribution in [-0.2, 0) is 12.1 Å². The van der Waals surface area contributed by atoms with Gasteiger partial charge >= 0.3 is 0 Å². The molecule has 2 rings (SSSR count). The van der Waals surface area contributed by atoms with Crippen molar-refractivity contribution in [3.63, 3.8) is 0 Å². The van der Waals surface area contributed by atoms with Crippen molar-refractivity contribution < 1.29 is 4.52 Å². The molecule has 1 aliphatic heterocycles. The Labute approximate surface area is 89.8 Å². The third-order valence-electron chi connectivity index (χ3n) is 2.77.